The van der Waals surface area contributed by atoms with E-state index in [1.807, 2.05) is 39.0 Å². The molecule has 0 saturated heterocycles. The van der Waals surface area contributed by atoms with Gasteiger partial charge in [-0.05, 0) is 34.9 Å². The van der Waals surface area contributed by atoms with Crippen LogP contribution in [-0.2, 0) is 35.2 Å². The Balaban J connectivity index is 1.86. The summed E-state index contributed by atoms with van der Waals surface area (Å²) in [5.74, 6) is -2.40. The number of rotatable bonds is 8. The summed E-state index contributed by atoms with van der Waals surface area (Å²) in [6, 6.07) is 11.4. The maximum Gasteiger partial charge on any atom is 0.325 e. The van der Waals surface area contributed by atoms with Crippen molar-refractivity contribution in [3.8, 4) is 11.1 Å². The Morgan fingerprint density at radius 3 is 2.27 bits per heavy atom. The molecule has 1 aliphatic rings. The lowest BCUT2D eigenvalue weighted by Crippen LogP contribution is -2.50. The molecule has 37 heavy (non-hydrogen) atoms. The van der Waals surface area contributed by atoms with Gasteiger partial charge in [0.15, 0.2) is 0 Å². The second-order valence-electron chi connectivity index (χ2n) is 9.66. The predicted molar refractivity (Wildman–Crippen MR) is 135 cm³/mol. The zero-order chi connectivity index (χ0) is 27.3. The number of hydrogen-bond acceptors (Lipinski definition) is 7. The molecule has 0 fully saturated rings. The molecule has 1 atom stereocenters. The van der Waals surface area contributed by atoms with Crippen LogP contribution in [0.5, 0.6) is 0 Å². The van der Waals surface area contributed by atoms with E-state index in [1.165, 1.54) is 18.9 Å². The summed E-state index contributed by atoms with van der Waals surface area (Å²) in [5, 5.41) is 5.31. The number of esters is 2. The topological polar surface area (TPSA) is 131 Å². The number of ether oxygens (including phenoxy) is 2. The highest BCUT2D eigenvalue weighted by atomic mass is 16.5. The third kappa shape index (κ3) is 6.52. The zero-order valence-electron chi connectivity index (χ0n) is 21.5. The van der Waals surface area contributed by atoms with Gasteiger partial charge in [0.2, 0.25) is 11.8 Å². The predicted octanol–water partition coefficient (Wildman–Crippen LogP) is 2.51. The minimum Gasteiger partial charge on any atom is -0.468 e. The summed E-state index contributed by atoms with van der Waals surface area (Å²) < 4.78 is 9.60. The monoisotopic (exact) mass is 509 g/mol. The van der Waals surface area contributed by atoms with Crippen molar-refractivity contribution in [3.63, 3.8) is 0 Å². The molecule has 196 valence electrons. The number of nitrogens with zero attached hydrogens (tertiary/aromatic N) is 1. The molecule has 10 heteroatoms. The van der Waals surface area contributed by atoms with E-state index in [-0.39, 0.29) is 25.6 Å². The number of amides is 3. The fraction of sp³-hybridized carbons (Fsp3) is 0.370. The van der Waals surface area contributed by atoms with E-state index in [1.54, 1.807) is 24.3 Å². The van der Waals surface area contributed by atoms with Crippen LogP contribution in [-0.4, -0.2) is 60.9 Å². The van der Waals surface area contributed by atoms with Crippen LogP contribution in [0.25, 0.3) is 11.1 Å². The van der Waals surface area contributed by atoms with Crippen LogP contribution in [0.1, 0.15) is 43.6 Å². The lowest BCUT2D eigenvalue weighted by Gasteiger charge is -2.26. The molecule has 0 saturated carbocycles. The molecule has 2 N–H and O–H groups in total. The highest BCUT2D eigenvalue weighted by molar-refractivity contribution is 6.03. The molecule has 1 unspecified atom stereocenters. The molecular formula is C27H31N3O7. The van der Waals surface area contributed by atoms with Gasteiger partial charge in [-0.25, -0.2) is 0 Å². The van der Waals surface area contributed by atoms with Gasteiger partial charge in [-0.3, -0.25) is 24.0 Å². The quantitative estimate of drug-likeness (QED) is 0.523. The normalized spacial score (nSPS) is 13.4. The van der Waals surface area contributed by atoms with Crippen LogP contribution in [0.15, 0.2) is 42.5 Å². The van der Waals surface area contributed by atoms with Gasteiger partial charge < -0.3 is 25.0 Å². The fourth-order valence-electron chi connectivity index (χ4n) is 3.78. The smallest absolute Gasteiger partial charge is 0.325 e. The largest absolute Gasteiger partial charge is 0.468 e. The number of carbonyl (C=O) groups is 5. The van der Waals surface area contributed by atoms with E-state index < -0.39 is 35.2 Å². The van der Waals surface area contributed by atoms with Gasteiger partial charge in [-0.1, -0.05) is 45.0 Å². The summed E-state index contributed by atoms with van der Waals surface area (Å²) in [7, 11) is 1.19. The van der Waals surface area contributed by atoms with Crippen LogP contribution >= 0.6 is 0 Å². The summed E-state index contributed by atoms with van der Waals surface area (Å²) in [5.41, 5.74) is 2.88. The van der Waals surface area contributed by atoms with Crippen molar-refractivity contribution in [2.45, 2.75) is 40.3 Å². The SMILES string of the molecule is COC(=O)CNC(=O)C(COC(C)=O)N1Cc2c(cccc2-c2ccc(NC(=O)C(C)(C)C)cc2)C1=O. The first kappa shape index (κ1) is 27.4. The standard InChI is InChI=1S/C27H31N3O7/c1-16(31)37-15-22(24(33)28-13-23(32)36-5)30-14-21-19(7-6-8-20(21)25(30)34)17-9-11-18(12-10-17)29-26(35)27(2,3)4/h6-12,22H,13-15H2,1-5H3,(H,28,33)(H,29,35). The molecule has 2 aromatic carbocycles. The van der Waals surface area contributed by atoms with Crippen molar-refractivity contribution in [3.05, 3.63) is 53.6 Å². The number of fused-ring (bicyclic) bond motifs is 1. The Kier molecular flexibility index (Phi) is 8.31. The van der Waals surface area contributed by atoms with E-state index in [9.17, 15) is 24.0 Å². The number of anilines is 1. The molecule has 0 radical (unpaired) electrons. The number of nitrogens with one attached hydrogen (secondary N) is 2. The average Bonchev–Trinajstić information content (AvgIpc) is 3.18. The summed E-state index contributed by atoms with van der Waals surface area (Å²) in [4.78, 5) is 62.7. The fourth-order valence-corrected chi connectivity index (χ4v) is 3.78. The number of methoxy groups -OCH3 is 1. The van der Waals surface area contributed by atoms with Crippen LogP contribution in [0.2, 0.25) is 0 Å². The van der Waals surface area contributed by atoms with Crippen molar-refractivity contribution in [1.29, 1.82) is 0 Å². The molecular weight excluding hydrogens is 478 g/mol. The van der Waals surface area contributed by atoms with Crippen molar-refractivity contribution >= 4 is 35.3 Å². The van der Waals surface area contributed by atoms with Crippen LogP contribution in [0, 0.1) is 5.41 Å². The molecule has 2 aromatic rings. The number of carbonyl (C=O) groups excluding carboxylic acids is 5. The third-order valence-corrected chi connectivity index (χ3v) is 5.89. The van der Waals surface area contributed by atoms with Crippen molar-refractivity contribution in [2.75, 3.05) is 25.6 Å². The summed E-state index contributed by atoms with van der Waals surface area (Å²) in [6.45, 7) is 6.05. The van der Waals surface area contributed by atoms with Gasteiger partial charge in [0.05, 0.1) is 7.11 Å². The maximum absolute atomic E-state index is 13.3. The number of benzene rings is 2. The van der Waals surface area contributed by atoms with E-state index >= 15 is 0 Å². The van der Waals surface area contributed by atoms with Crippen LogP contribution in [0.3, 0.4) is 0 Å². The molecule has 3 amide bonds. The minimum absolute atomic E-state index is 0.102. The highest BCUT2D eigenvalue weighted by Gasteiger charge is 2.38. The maximum atomic E-state index is 13.3. The third-order valence-electron chi connectivity index (χ3n) is 5.89. The first-order chi connectivity index (χ1) is 17.4. The second kappa shape index (κ2) is 11.2. The van der Waals surface area contributed by atoms with Gasteiger partial charge in [0.1, 0.15) is 19.2 Å². The Bertz CT molecular complexity index is 1220. The molecule has 1 heterocycles. The lowest BCUT2D eigenvalue weighted by atomic mass is 9.95. The molecule has 0 spiro atoms. The summed E-state index contributed by atoms with van der Waals surface area (Å²) in [6.07, 6.45) is 0. The molecule has 3 rings (SSSR count). The van der Waals surface area contributed by atoms with E-state index in [0.29, 0.717) is 16.8 Å². The number of hydrogen-bond donors (Lipinski definition) is 2. The van der Waals surface area contributed by atoms with Gasteiger partial charge in [0.25, 0.3) is 5.91 Å². The Morgan fingerprint density at radius 2 is 1.68 bits per heavy atom. The van der Waals surface area contributed by atoms with Crippen LogP contribution < -0.4 is 10.6 Å². The average molecular weight is 510 g/mol. The van der Waals surface area contributed by atoms with Gasteiger partial charge in [-0.2, -0.15) is 0 Å². The van der Waals surface area contributed by atoms with Crippen molar-refractivity contribution < 1.29 is 33.4 Å². The van der Waals surface area contributed by atoms with Gasteiger partial charge in [0, 0.05) is 30.1 Å². The van der Waals surface area contributed by atoms with E-state index in [0.717, 1.165) is 11.1 Å². The minimum atomic E-state index is -1.14. The van der Waals surface area contributed by atoms with Gasteiger partial charge in [-0.15, -0.1) is 0 Å². The molecule has 1 aliphatic heterocycles. The van der Waals surface area contributed by atoms with Gasteiger partial charge >= 0.3 is 11.9 Å². The molecule has 10 nitrogen and oxygen atoms in total. The highest BCUT2D eigenvalue weighted by Crippen LogP contribution is 2.34. The van der Waals surface area contributed by atoms with E-state index in [4.69, 9.17) is 4.74 Å². The molecule has 0 bridgehead atoms. The summed E-state index contributed by atoms with van der Waals surface area (Å²) >= 11 is 0. The van der Waals surface area contributed by atoms with E-state index in [2.05, 4.69) is 15.4 Å². The Morgan fingerprint density at radius 1 is 1.03 bits per heavy atom. The van der Waals surface area contributed by atoms with Crippen molar-refractivity contribution in [1.82, 2.24) is 10.2 Å². The van der Waals surface area contributed by atoms with Crippen molar-refractivity contribution in [2.24, 2.45) is 5.41 Å². The Labute approximate surface area is 215 Å². The second-order valence-corrected chi connectivity index (χ2v) is 9.66. The lowest BCUT2D eigenvalue weighted by molar-refractivity contribution is -0.146. The first-order valence-corrected chi connectivity index (χ1v) is 11.7. The Hall–Kier alpha value is -4.21. The van der Waals surface area contributed by atoms with Crippen LogP contribution in [0.4, 0.5) is 5.69 Å². The molecule has 0 aliphatic carbocycles. The molecule has 0 aromatic heterocycles. The zero-order valence-corrected chi connectivity index (χ0v) is 21.5. The first-order valence-electron chi connectivity index (χ1n) is 11.7.